The van der Waals surface area contributed by atoms with E-state index < -0.39 is 0 Å². The van der Waals surface area contributed by atoms with Crippen molar-refractivity contribution in [1.82, 2.24) is 4.98 Å². The van der Waals surface area contributed by atoms with Crippen LogP contribution in [0.25, 0.3) is 0 Å². The fourth-order valence-electron chi connectivity index (χ4n) is 2.37. The monoisotopic (exact) mass is 268 g/mol. The van der Waals surface area contributed by atoms with Crippen LogP contribution in [0.15, 0.2) is 24.4 Å². The molecule has 19 heavy (non-hydrogen) atoms. The summed E-state index contributed by atoms with van der Waals surface area (Å²) in [5.41, 5.74) is 9.56. The number of benzene rings is 1. The van der Waals surface area contributed by atoms with E-state index in [0.29, 0.717) is 33.9 Å². The highest BCUT2D eigenvalue weighted by atomic mass is 35.5. The lowest BCUT2D eigenvalue weighted by molar-refractivity contribution is 0.103. The van der Waals surface area contributed by atoms with Gasteiger partial charge < -0.3 is 5.73 Å². The van der Waals surface area contributed by atoms with E-state index in [9.17, 15) is 4.79 Å². The number of anilines is 1. The highest BCUT2D eigenvalue weighted by molar-refractivity contribution is 6.33. The second-order valence-electron chi connectivity index (χ2n) is 4.64. The van der Waals surface area contributed by atoms with Crippen LogP contribution in [-0.4, -0.2) is 18.6 Å². The Hall–Kier alpha value is -1.81. The number of fused-ring (bicyclic) bond motifs is 2. The molecule has 0 amide bonds. The van der Waals surface area contributed by atoms with Gasteiger partial charge in [0.15, 0.2) is 0 Å². The number of carbonyl (C=O) groups excluding carboxylic acids is 1. The fourth-order valence-corrected chi connectivity index (χ4v) is 2.56. The van der Waals surface area contributed by atoms with Gasteiger partial charge in [0.2, 0.25) is 5.78 Å². The van der Waals surface area contributed by atoms with Gasteiger partial charge >= 0.3 is 0 Å². The average molecular weight is 269 g/mol. The van der Waals surface area contributed by atoms with Crippen LogP contribution in [0.4, 0.5) is 5.69 Å². The average Bonchev–Trinajstić information content (AvgIpc) is 2.50. The quantitative estimate of drug-likeness (QED) is 0.581. The summed E-state index contributed by atoms with van der Waals surface area (Å²) in [6.07, 6.45) is 2.94. The van der Waals surface area contributed by atoms with Crippen molar-refractivity contribution in [3.05, 3.63) is 51.8 Å². The van der Waals surface area contributed by atoms with Crippen molar-refractivity contribution in [3.8, 4) is 0 Å². The molecule has 1 aliphatic carbocycles. The second-order valence-corrected chi connectivity index (χ2v) is 5.04. The van der Waals surface area contributed by atoms with Gasteiger partial charge in [-0.15, -0.1) is 0 Å². The number of nitrogens with two attached hydrogens (primary N) is 1. The molecule has 1 aliphatic rings. The Morgan fingerprint density at radius 2 is 1.95 bits per heavy atom. The van der Waals surface area contributed by atoms with Crippen LogP contribution < -0.4 is 11.2 Å². The second kappa shape index (κ2) is 4.39. The Morgan fingerprint density at radius 1 is 1.21 bits per heavy atom. The zero-order chi connectivity index (χ0) is 13.6. The van der Waals surface area contributed by atoms with Crippen molar-refractivity contribution in [2.45, 2.75) is 12.8 Å². The number of rotatable bonds is 0. The largest absolute Gasteiger partial charge is 0.398 e. The van der Waals surface area contributed by atoms with Gasteiger partial charge in [0.05, 0.1) is 10.7 Å². The first-order valence-corrected chi connectivity index (χ1v) is 6.31. The molecule has 0 aliphatic heterocycles. The summed E-state index contributed by atoms with van der Waals surface area (Å²) in [4.78, 5) is 16.7. The van der Waals surface area contributed by atoms with E-state index >= 15 is 0 Å². The molecule has 1 heterocycles. The van der Waals surface area contributed by atoms with Gasteiger partial charge in [-0.3, -0.25) is 9.78 Å². The molecule has 2 aromatic rings. The van der Waals surface area contributed by atoms with E-state index in [-0.39, 0.29) is 5.78 Å². The van der Waals surface area contributed by atoms with E-state index in [1.807, 2.05) is 0 Å². The summed E-state index contributed by atoms with van der Waals surface area (Å²) in [5, 5.41) is 0.477. The van der Waals surface area contributed by atoms with E-state index in [2.05, 4.69) is 4.98 Å². The number of aromatic nitrogens is 1. The smallest absolute Gasteiger partial charge is 0.211 e. The van der Waals surface area contributed by atoms with Crippen LogP contribution in [0.5, 0.6) is 0 Å². The number of carbonyl (C=O) groups is 1. The first-order chi connectivity index (χ1) is 9.06. The number of nitrogens with zero attached hydrogens (tertiary/aromatic N) is 1. The third kappa shape index (κ3) is 2.02. The Bertz CT molecular complexity index is 700. The third-order valence-electron chi connectivity index (χ3n) is 3.33. The molecule has 1 aromatic carbocycles. The first-order valence-electron chi connectivity index (χ1n) is 5.93. The lowest BCUT2D eigenvalue weighted by Gasteiger charge is -2.07. The summed E-state index contributed by atoms with van der Waals surface area (Å²) >= 11 is 6.01. The van der Waals surface area contributed by atoms with Gasteiger partial charge in [-0.05, 0) is 36.1 Å². The summed E-state index contributed by atoms with van der Waals surface area (Å²) in [7, 11) is 5.72. The highest BCUT2D eigenvalue weighted by Gasteiger charge is 2.23. The van der Waals surface area contributed by atoms with Gasteiger partial charge in [0.1, 0.15) is 13.5 Å². The molecule has 1 aromatic heterocycles. The highest BCUT2D eigenvalue weighted by Crippen LogP contribution is 2.29. The molecular formula is C14H10BClN2O. The minimum Gasteiger partial charge on any atom is -0.398 e. The normalized spacial score (nSPS) is 13.6. The van der Waals surface area contributed by atoms with Crippen molar-refractivity contribution >= 4 is 36.4 Å². The molecular weight excluding hydrogens is 258 g/mol. The Kier molecular flexibility index (Phi) is 2.83. The number of hydrogen-bond acceptors (Lipinski definition) is 3. The predicted molar refractivity (Wildman–Crippen MR) is 76.3 cm³/mol. The van der Waals surface area contributed by atoms with Crippen LogP contribution in [0.1, 0.15) is 27.2 Å². The molecule has 3 rings (SSSR count). The Balaban J connectivity index is 2.20. The lowest BCUT2D eigenvalue weighted by atomic mass is 9.94. The van der Waals surface area contributed by atoms with Crippen molar-refractivity contribution in [2.24, 2.45) is 0 Å². The standard InChI is InChI=1S/C14H10BClN2O/c15-9-3-8-2-1-7-4-11(16)12(17)5-10(7)14(19)13(8)18-6-9/h3-6H,1-2,17H2. The number of hydrogen-bond donors (Lipinski definition) is 1. The molecule has 92 valence electrons. The van der Waals surface area contributed by atoms with E-state index in [1.165, 1.54) is 6.20 Å². The van der Waals surface area contributed by atoms with Crippen LogP contribution in [-0.2, 0) is 12.8 Å². The van der Waals surface area contributed by atoms with Crippen molar-refractivity contribution < 1.29 is 4.79 Å². The summed E-state index contributed by atoms with van der Waals surface area (Å²) in [6.45, 7) is 0. The maximum atomic E-state index is 12.5. The zero-order valence-corrected chi connectivity index (χ0v) is 10.9. The number of aryl methyl sites for hydroxylation is 2. The maximum absolute atomic E-state index is 12.5. The van der Waals surface area contributed by atoms with E-state index in [1.54, 1.807) is 18.2 Å². The van der Waals surface area contributed by atoms with Gasteiger partial charge in [0, 0.05) is 11.8 Å². The molecule has 0 bridgehead atoms. The minimum absolute atomic E-state index is 0.120. The maximum Gasteiger partial charge on any atom is 0.211 e. The summed E-state index contributed by atoms with van der Waals surface area (Å²) in [6, 6.07) is 5.20. The first kappa shape index (κ1) is 12.2. The molecule has 2 N–H and O–H groups in total. The number of pyridine rings is 1. The SMILES string of the molecule is [B]c1cnc2c(c1)CCc1cc(Cl)c(N)cc1C2=O. The molecule has 3 nitrogen and oxygen atoms in total. The molecule has 0 saturated heterocycles. The fraction of sp³-hybridized carbons (Fsp3) is 0.143. The number of nitrogen functional groups attached to an aromatic ring is 1. The zero-order valence-electron chi connectivity index (χ0n) is 10.1. The predicted octanol–water partition coefficient (Wildman–Crippen LogP) is 1.44. The molecule has 0 atom stereocenters. The van der Waals surface area contributed by atoms with Crippen LogP contribution >= 0.6 is 11.6 Å². The third-order valence-corrected chi connectivity index (χ3v) is 3.66. The van der Waals surface area contributed by atoms with Crippen molar-refractivity contribution in [2.75, 3.05) is 5.73 Å². The number of ketones is 1. The van der Waals surface area contributed by atoms with Crippen molar-refractivity contribution in [1.29, 1.82) is 0 Å². The van der Waals surface area contributed by atoms with Gasteiger partial charge in [-0.2, -0.15) is 0 Å². The van der Waals surface area contributed by atoms with Gasteiger partial charge in [-0.1, -0.05) is 23.1 Å². The Labute approximate surface area is 117 Å². The molecule has 0 fully saturated rings. The van der Waals surface area contributed by atoms with Crippen LogP contribution in [0.2, 0.25) is 5.02 Å². The summed E-state index contributed by atoms with van der Waals surface area (Å²) < 4.78 is 0. The van der Waals surface area contributed by atoms with Gasteiger partial charge in [0.25, 0.3) is 0 Å². The minimum atomic E-state index is -0.120. The topological polar surface area (TPSA) is 56.0 Å². The number of halogens is 1. The molecule has 0 spiro atoms. The summed E-state index contributed by atoms with van der Waals surface area (Å²) in [5.74, 6) is -0.120. The van der Waals surface area contributed by atoms with Gasteiger partial charge in [-0.25, -0.2) is 0 Å². The van der Waals surface area contributed by atoms with Crippen LogP contribution in [0, 0.1) is 0 Å². The Morgan fingerprint density at radius 3 is 2.74 bits per heavy atom. The lowest BCUT2D eigenvalue weighted by Crippen LogP contribution is -2.12. The van der Waals surface area contributed by atoms with E-state index in [4.69, 9.17) is 25.2 Å². The molecule has 5 heteroatoms. The van der Waals surface area contributed by atoms with Crippen molar-refractivity contribution in [3.63, 3.8) is 0 Å². The van der Waals surface area contributed by atoms with Crippen LogP contribution in [0.3, 0.4) is 0 Å². The molecule has 0 saturated carbocycles. The molecule has 2 radical (unpaired) electrons. The van der Waals surface area contributed by atoms with E-state index in [0.717, 1.165) is 17.5 Å². The molecule has 0 unspecified atom stereocenters.